The van der Waals surface area contributed by atoms with Gasteiger partial charge >= 0.3 is 8.56 Å². The zero-order valence-electron chi connectivity index (χ0n) is 13.3. The maximum atomic E-state index is 6.16. The van der Waals surface area contributed by atoms with Gasteiger partial charge in [0.15, 0.2) is 0 Å². The molecule has 0 fully saturated rings. The van der Waals surface area contributed by atoms with Crippen molar-refractivity contribution in [2.24, 2.45) is 0 Å². The monoisotopic (exact) mass is 298 g/mol. The van der Waals surface area contributed by atoms with Crippen molar-refractivity contribution in [3.05, 3.63) is 23.2 Å². The normalized spacial score (nSPS) is 16.4. The van der Waals surface area contributed by atoms with Gasteiger partial charge in [-0.1, -0.05) is 46.1 Å². The molecule has 0 aromatic rings. The fourth-order valence-corrected chi connectivity index (χ4v) is 4.55. The Morgan fingerprint density at radius 3 is 1.95 bits per heavy atom. The van der Waals surface area contributed by atoms with E-state index >= 15 is 0 Å². The summed E-state index contributed by atoms with van der Waals surface area (Å²) in [6.45, 7) is 8.79. The van der Waals surface area contributed by atoms with Crippen LogP contribution in [0.3, 0.4) is 0 Å². The molecule has 0 unspecified atom stereocenters. The smallest absolute Gasteiger partial charge is 0.435 e. The fourth-order valence-electron chi connectivity index (χ4n) is 1.95. The van der Waals surface area contributed by atoms with Crippen LogP contribution >= 0.6 is 0 Å². The summed E-state index contributed by atoms with van der Waals surface area (Å²) in [7, 11) is -2.43. The second-order valence-electron chi connectivity index (χ2n) is 5.16. The highest BCUT2D eigenvalue weighted by Crippen LogP contribution is 2.27. The molecule has 0 aliphatic carbocycles. The van der Waals surface area contributed by atoms with Crippen molar-refractivity contribution in [1.29, 1.82) is 0 Å². The number of allylic oxidation sites excluding steroid dienone is 2. The predicted molar refractivity (Wildman–Crippen MR) is 85.6 cm³/mol. The van der Waals surface area contributed by atoms with E-state index in [1.807, 2.05) is 12.2 Å². The average Bonchev–Trinajstić information content (AvgIpc) is 2.83. The lowest BCUT2D eigenvalue weighted by Gasteiger charge is -2.27. The van der Waals surface area contributed by atoms with Crippen molar-refractivity contribution in [1.82, 2.24) is 0 Å². The van der Waals surface area contributed by atoms with E-state index in [2.05, 4.69) is 26.5 Å². The predicted octanol–water partition coefficient (Wildman–Crippen LogP) is 4.41. The summed E-state index contributed by atoms with van der Waals surface area (Å²) in [5.74, 6) is 0. The summed E-state index contributed by atoms with van der Waals surface area (Å²) < 4.78 is 18.2. The lowest BCUT2D eigenvalue weighted by Crippen LogP contribution is -2.43. The van der Waals surface area contributed by atoms with E-state index in [0.717, 1.165) is 63.7 Å². The fraction of sp³-hybridized carbons (Fsp3) is 0.750. The third-order valence-electron chi connectivity index (χ3n) is 3.29. The van der Waals surface area contributed by atoms with Crippen LogP contribution in [0.2, 0.25) is 0 Å². The lowest BCUT2D eigenvalue weighted by atomic mass is 10.4. The van der Waals surface area contributed by atoms with Crippen molar-refractivity contribution >= 4 is 8.56 Å². The topological polar surface area (TPSA) is 27.7 Å². The second kappa shape index (κ2) is 10.2. The Balaban J connectivity index is 2.59. The van der Waals surface area contributed by atoms with Gasteiger partial charge in [0.25, 0.3) is 0 Å². The molecular formula is C16H30O3Si. The molecule has 0 amide bonds. The molecule has 4 heteroatoms. The van der Waals surface area contributed by atoms with E-state index in [1.54, 1.807) is 0 Å². The molecule has 0 aromatic carbocycles. The van der Waals surface area contributed by atoms with Crippen LogP contribution in [0, 0.1) is 0 Å². The van der Waals surface area contributed by atoms with Crippen LogP contribution in [-0.2, 0) is 13.6 Å². The minimum Gasteiger partial charge on any atom is -0.497 e. The SMILES string of the molecule is CCCCOC1=CC=C[Si]1(OCCCC)OCCCC. The van der Waals surface area contributed by atoms with Crippen molar-refractivity contribution in [2.45, 2.75) is 59.3 Å². The van der Waals surface area contributed by atoms with Gasteiger partial charge in [-0.2, -0.15) is 0 Å². The maximum Gasteiger partial charge on any atom is 0.435 e. The van der Waals surface area contributed by atoms with Crippen molar-refractivity contribution < 1.29 is 13.6 Å². The van der Waals surface area contributed by atoms with Gasteiger partial charge in [0.1, 0.15) is 5.38 Å². The van der Waals surface area contributed by atoms with E-state index in [4.69, 9.17) is 13.6 Å². The molecule has 0 N–H and O–H groups in total. The van der Waals surface area contributed by atoms with E-state index < -0.39 is 8.56 Å². The van der Waals surface area contributed by atoms with Gasteiger partial charge < -0.3 is 13.6 Å². The Morgan fingerprint density at radius 1 is 0.850 bits per heavy atom. The summed E-state index contributed by atoms with van der Waals surface area (Å²) in [6.07, 6.45) is 10.7. The standard InChI is InChI=1S/C16H30O3Si/c1-4-7-12-17-16-11-10-15-20(16,18-13-8-5-2)19-14-9-6-3/h10-11,15H,4-9,12-14H2,1-3H3. The summed E-state index contributed by atoms with van der Waals surface area (Å²) >= 11 is 0. The Labute approximate surface area is 125 Å². The molecule has 0 atom stereocenters. The number of hydrogen-bond donors (Lipinski definition) is 0. The Morgan fingerprint density at radius 2 is 1.40 bits per heavy atom. The molecule has 0 saturated heterocycles. The van der Waals surface area contributed by atoms with Gasteiger partial charge in [0.2, 0.25) is 0 Å². The molecule has 116 valence electrons. The molecule has 0 radical (unpaired) electrons. The lowest BCUT2D eigenvalue weighted by molar-refractivity contribution is 0.143. The number of hydrogen-bond acceptors (Lipinski definition) is 3. The second-order valence-corrected chi connectivity index (χ2v) is 7.90. The summed E-state index contributed by atoms with van der Waals surface area (Å²) in [5, 5.41) is 0.943. The van der Waals surface area contributed by atoms with E-state index in [9.17, 15) is 0 Å². The molecule has 0 spiro atoms. The Bertz CT molecular complexity index is 303. The van der Waals surface area contributed by atoms with Crippen molar-refractivity contribution in [2.75, 3.05) is 19.8 Å². The zero-order chi connectivity index (χ0) is 14.7. The highest BCUT2D eigenvalue weighted by atomic mass is 28.4. The van der Waals surface area contributed by atoms with Gasteiger partial charge in [0, 0.05) is 13.2 Å². The van der Waals surface area contributed by atoms with Crippen LogP contribution in [0.5, 0.6) is 0 Å². The van der Waals surface area contributed by atoms with Gasteiger partial charge in [-0.05, 0) is 31.0 Å². The van der Waals surface area contributed by atoms with Crippen LogP contribution < -0.4 is 0 Å². The van der Waals surface area contributed by atoms with Gasteiger partial charge in [-0.3, -0.25) is 0 Å². The van der Waals surface area contributed by atoms with Crippen LogP contribution in [0.15, 0.2) is 23.2 Å². The number of ether oxygens (including phenoxy) is 1. The van der Waals surface area contributed by atoms with E-state index in [0.29, 0.717) is 0 Å². The maximum absolute atomic E-state index is 6.16. The first-order valence-electron chi connectivity index (χ1n) is 8.09. The van der Waals surface area contributed by atoms with Crippen molar-refractivity contribution in [3.63, 3.8) is 0 Å². The molecule has 20 heavy (non-hydrogen) atoms. The quantitative estimate of drug-likeness (QED) is 0.394. The molecule has 1 aliphatic rings. The largest absolute Gasteiger partial charge is 0.497 e. The molecule has 0 aromatic heterocycles. The van der Waals surface area contributed by atoms with Gasteiger partial charge in [-0.15, -0.1) is 0 Å². The minimum atomic E-state index is -2.43. The molecule has 0 saturated carbocycles. The third kappa shape index (κ3) is 5.42. The molecule has 1 aliphatic heterocycles. The zero-order valence-corrected chi connectivity index (χ0v) is 14.3. The Kier molecular flexibility index (Phi) is 8.90. The van der Waals surface area contributed by atoms with Crippen molar-refractivity contribution in [3.8, 4) is 0 Å². The average molecular weight is 298 g/mol. The molecule has 1 heterocycles. The first-order valence-corrected chi connectivity index (χ1v) is 9.99. The van der Waals surface area contributed by atoms with E-state index in [-0.39, 0.29) is 0 Å². The Hall–Kier alpha value is -0.583. The molecule has 1 rings (SSSR count). The minimum absolute atomic E-state index is 0.757. The van der Waals surface area contributed by atoms with Crippen LogP contribution in [0.1, 0.15) is 59.3 Å². The highest BCUT2D eigenvalue weighted by Gasteiger charge is 2.44. The first-order chi connectivity index (χ1) is 9.79. The highest BCUT2D eigenvalue weighted by molar-refractivity contribution is 6.80. The first kappa shape index (κ1) is 17.5. The third-order valence-corrected chi connectivity index (χ3v) is 6.19. The van der Waals surface area contributed by atoms with Gasteiger partial charge in [0.05, 0.1) is 6.61 Å². The van der Waals surface area contributed by atoms with E-state index in [1.165, 1.54) is 0 Å². The molecular weight excluding hydrogens is 268 g/mol. The summed E-state index contributed by atoms with van der Waals surface area (Å²) in [5.41, 5.74) is 2.11. The van der Waals surface area contributed by atoms with Crippen LogP contribution in [0.4, 0.5) is 0 Å². The van der Waals surface area contributed by atoms with Crippen LogP contribution in [-0.4, -0.2) is 28.4 Å². The summed E-state index contributed by atoms with van der Waals surface area (Å²) in [6, 6.07) is 0. The summed E-state index contributed by atoms with van der Waals surface area (Å²) in [4.78, 5) is 0. The van der Waals surface area contributed by atoms with Gasteiger partial charge in [-0.25, -0.2) is 0 Å². The number of rotatable bonds is 12. The molecule has 0 bridgehead atoms. The number of unbranched alkanes of at least 4 members (excludes halogenated alkanes) is 3. The van der Waals surface area contributed by atoms with Crippen LogP contribution in [0.25, 0.3) is 0 Å². The molecule has 3 nitrogen and oxygen atoms in total.